The summed E-state index contributed by atoms with van der Waals surface area (Å²) in [5.74, 6) is 0.184. The molecule has 18 heavy (non-hydrogen) atoms. The first kappa shape index (κ1) is 13.1. The number of hydrogen-bond acceptors (Lipinski definition) is 2. The lowest BCUT2D eigenvalue weighted by molar-refractivity contribution is 0.214. The average Bonchev–Trinajstić information content (AvgIpc) is 2.38. The Labute approximate surface area is 113 Å². The molecule has 0 fully saturated rings. The van der Waals surface area contributed by atoms with Crippen molar-refractivity contribution >= 4 is 15.9 Å². The molecule has 0 spiro atoms. The second kappa shape index (κ2) is 5.50. The maximum Gasteiger partial charge on any atom is 0.130 e. The Hall–Kier alpha value is -1.39. The van der Waals surface area contributed by atoms with Gasteiger partial charge in [-0.1, -0.05) is 34.1 Å². The predicted octanol–water partition coefficient (Wildman–Crippen LogP) is 3.68. The van der Waals surface area contributed by atoms with E-state index in [0.717, 1.165) is 0 Å². The van der Waals surface area contributed by atoms with Crippen LogP contribution in [0.1, 0.15) is 17.2 Å². The van der Waals surface area contributed by atoms with E-state index in [0.29, 0.717) is 15.8 Å². The lowest BCUT2D eigenvalue weighted by Crippen LogP contribution is -2.02. The maximum atomic E-state index is 13.7. The quantitative estimate of drug-likeness (QED) is 0.937. The van der Waals surface area contributed by atoms with E-state index in [2.05, 4.69) is 15.9 Å². The predicted molar refractivity (Wildman–Crippen MR) is 71.2 cm³/mol. The Balaban J connectivity index is 2.37. The smallest absolute Gasteiger partial charge is 0.130 e. The van der Waals surface area contributed by atoms with Crippen LogP contribution in [0.5, 0.6) is 5.75 Å². The van der Waals surface area contributed by atoms with E-state index in [1.165, 1.54) is 6.07 Å². The van der Waals surface area contributed by atoms with Gasteiger partial charge >= 0.3 is 0 Å². The van der Waals surface area contributed by atoms with E-state index >= 15 is 0 Å². The van der Waals surface area contributed by atoms with Gasteiger partial charge in [0.05, 0.1) is 7.11 Å². The highest BCUT2D eigenvalue weighted by Crippen LogP contribution is 2.28. The minimum absolute atomic E-state index is 0.242. The summed E-state index contributed by atoms with van der Waals surface area (Å²) in [5, 5.41) is 10.2. The van der Waals surface area contributed by atoms with Crippen LogP contribution in [0.2, 0.25) is 0 Å². The number of rotatable bonds is 3. The van der Waals surface area contributed by atoms with Crippen LogP contribution in [-0.4, -0.2) is 12.2 Å². The van der Waals surface area contributed by atoms with E-state index in [-0.39, 0.29) is 5.56 Å². The standard InChI is InChI=1S/C14H12BrFO2/c1-18-11-4-2-3-9(7-11)14(17)12-6-5-10(15)8-13(12)16/h2-8,14,17H,1H3. The van der Waals surface area contributed by atoms with Crippen LogP contribution in [0.15, 0.2) is 46.9 Å². The van der Waals surface area contributed by atoms with Crippen molar-refractivity contribution in [3.8, 4) is 5.75 Å². The number of ether oxygens (including phenoxy) is 1. The average molecular weight is 311 g/mol. The first-order valence-corrected chi connectivity index (χ1v) is 6.18. The highest BCUT2D eigenvalue weighted by Gasteiger charge is 2.15. The second-order valence-electron chi connectivity index (χ2n) is 3.84. The molecule has 1 N–H and O–H groups in total. The molecule has 1 atom stereocenters. The number of aliphatic hydroxyl groups is 1. The fourth-order valence-corrected chi connectivity index (χ4v) is 2.05. The number of methoxy groups -OCH3 is 1. The Kier molecular flexibility index (Phi) is 3.99. The van der Waals surface area contributed by atoms with Crippen molar-refractivity contribution < 1.29 is 14.2 Å². The van der Waals surface area contributed by atoms with Crippen molar-refractivity contribution in [3.63, 3.8) is 0 Å². The molecule has 94 valence electrons. The molecule has 0 heterocycles. The summed E-state index contributed by atoms with van der Waals surface area (Å²) in [6, 6.07) is 11.5. The fourth-order valence-electron chi connectivity index (χ4n) is 1.71. The zero-order chi connectivity index (χ0) is 13.1. The molecule has 2 aromatic carbocycles. The number of hydrogen-bond donors (Lipinski definition) is 1. The van der Waals surface area contributed by atoms with Crippen LogP contribution >= 0.6 is 15.9 Å². The summed E-state index contributed by atoms with van der Waals surface area (Å²) in [5.41, 5.74) is 0.835. The van der Waals surface area contributed by atoms with Gasteiger partial charge in [-0.25, -0.2) is 4.39 Å². The zero-order valence-corrected chi connectivity index (χ0v) is 11.3. The molecule has 0 amide bonds. The van der Waals surface area contributed by atoms with Crippen molar-refractivity contribution in [3.05, 3.63) is 63.9 Å². The van der Waals surface area contributed by atoms with Crippen LogP contribution in [0.3, 0.4) is 0 Å². The molecule has 0 aliphatic carbocycles. The third kappa shape index (κ3) is 2.71. The minimum Gasteiger partial charge on any atom is -0.497 e. The van der Waals surface area contributed by atoms with Gasteiger partial charge < -0.3 is 9.84 Å². The zero-order valence-electron chi connectivity index (χ0n) is 9.73. The molecule has 2 aromatic rings. The normalized spacial score (nSPS) is 12.2. The van der Waals surface area contributed by atoms with Gasteiger partial charge in [-0.05, 0) is 29.8 Å². The Morgan fingerprint density at radius 1 is 1.22 bits per heavy atom. The van der Waals surface area contributed by atoms with E-state index in [1.54, 1.807) is 43.5 Å². The number of halogens is 2. The largest absolute Gasteiger partial charge is 0.497 e. The lowest BCUT2D eigenvalue weighted by Gasteiger charge is -2.13. The van der Waals surface area contributed by atoms with E-state index in [4.69, 9.17) is 4.74 Å². The summed E-state index contributed by atoms with van der Waals surface area (Å²) in [4.78, 5) is 0. The summed E-state index contributed by atoms with van der Waals surface area (Å²) in [6.07, 6.45) is -1.01. The third-order valence-corrected chi connectivity index (χ3v) is 3.16. The summed E-state index contributed by atoms with van der Waals surface area (Å²) >= 11 is 3.18. The molecule has 0 saturated heterocycles. The van der Waals surface area contributed by atoms with E-state index in [1.807, 2.05) is 0 Å². The van der Waals surface area contributed by atoms with Crippen LogP contribution in [0.25, 0.3) is 0 Å². The molecule has 0 radical (unpaired) electrons. The van der Waals surface area contributed by atoms with Crippen molar-refractivity contribution in [2.45, 2.75) is 6.10 Å². The van der Waals surface area contributed by atoms with Gasteiger partial charge in [0.2, 0.25) is 0 Å². The highest BCUT2D eigenvalue weighted by molar-refractivity contribution is 9.10. The van der Waals surface area contributed by atoms with Gasteiger partial charge in [0, 0.05) is 10.0 Å². The molecule has 0 aromatic heterocycles. The molecule has 4 heteroatoms. The van der Waals surface area contributed by atoms with E-state index < -0.39 is 11.9 Å². The highest BCUT2D eigenvalue weighted by atomic mass is 79.9. The van der Waals surface area contributed by atoms with Gasteiger partial charge in [0.25, 0.3) is 0 Å². The molecule has 1 unspecified atom stereocenters. The van der Waals surface area contributed by atoms with Gasteiger partial charge in [0.15, 0.2) is 0 Å². The number of aliphatic hydroxyl groups excluding tert-OH is 1. The van der Waals surface area contributed by atoms with Crippen molar-refractivity contribution in [2.24, 2.45) is 0 Å². The second-order valence-corrected chi connectivity index (χ2v) is 4.76. The Bertz CT molecular complexity index is 557. The van der Waals surface area contributed by atoms with Crippen LogP contribution < -0.4 is 4.74 Å². The first-order valence-electron chi connectivity index (χ1n) is 5.39. The van der Waals surface area contributed by atoms with Crippen LogP contribution in [0, 0.1) is 5.82 Å². The van der Waals surface area contributed by atoms with Crippen LogP contribution in [-0.2, 0) is 0 Å². The third-order valence-electron chi connectivity index (χ3n) is 2.67. The molecule has 0 aliphatic rings. The molecule has 0 aliphatic heterocycles. The first-order chi connectivity index (χ1) is 8.61. The molecule has 0 bridgehead atoms. The lowest BCUT2D eigenvalue weighted by atomic mass is 10.0. The molecule has 0 saturated carbocycles. The van der Waals surface area contributed by atoms with Gasteiger partial charge in [0.1, 0.15) is 17.7 Å². The monoisotopic (exact) mass is 310 g/mol. The Morgan fingerprint density at radius 3 is 2.67 bits per heavy atom. The molecule has 2 nitrogen and oxygen atoms in total. The van der Waals surface area contributed by atoms with Crippen molar-refractivity contribution in [1.29, 1.82) is 0 Å². The maximum absolute atomic E-state index is 13.7. The van der Waals surface area contributed by atoms with Crippen molar-refractivity contribution in [1.82, 2.24) is 0 Å². The molecular weight excluding hydrogens is 299 g/mol. The van der Waals surface area contributed by atoms with Gasteiger partial charge in [-0.15, -0.1) is 0 Å². The fraction of sp³-hybridized carbons (Fsp3) is 0.143. The summed E-state index contributed by atoms with van der Waals surface area (Å²) in [6.45, 7) is 0. The number of benzene rings is 2. The van der Waals surface area contributed by atoms with Crippen LogP contribution in [0.4, 0.5) is 4.39 Å². The Morgan fingerprint density at radius 2 is 2.00 bits per heavy atom. The molecule has 2 rings (SSSR count). The van der Waals surface area contributed by atoms with Gasteiger partial charge in [-0.3, -0.25) is 0 Å². The van der Waals surface area contributed by atoms with E-state index in [9.17, 15) is 9.50 Å². The topological polar surface area (TPSA) is 29.5 Å². The minimum atomic E-state index is -1.01. The van der Waals surface area contributed by atoms with Crippen molar-refractivity contribution in [2.75, 3.05) is 7.11 Å². The summed E-state index contributed by atoms with van der Waals surface area (Å²) in [7, 11) is 1.55. The van der Waals surface area contributed by atoms with Gasteiger partial charge in [-0.2, -0.15) is 0 Å². The summed E-state index contributed by atoms with van der Waals surface area (Å²) < 4.78 is 19.5. The SMILES string of the molecule is COc1cccc(C(O)c2ccc(Br)cc2F)c1. The molecular formula is C14H12BrFO2.